The van der Waals surface area contributed by atoms with Crippen LogP contribution in [0, 0.1) is 5.92 Å². The van der Waals surface area contributed by atoms with E-state index in [-0.39, 0.29) is 0 Å². The number of anilines is 2. The molecular weight excluding hydrogens is 399 g/mol. The third-order valence-electron chi connectivity index (χ3n) is 5.32. The normalized spacial score (nSPS) is 20.7. The molecule has 2 atom stereocenters. The van der Waals surface area contributed by atoms with E-state index >= 15 is 0 Å². The fraction of sp³-hybridized carbons (Fsp3) is 0.333. The lowest BCUT2D eigenvalue weighted by atomic mass is 9.96. The minimum absolute atomic E-state index is 0.404. The number of aromatic nitrogens is 5. The molecule has 2 unspecified atom stereocenters. The Balaban J connectivity index is 1.37. The third kappa shape index (κ3) is 3.07. The van der Waals surface area contributed by atoms with Crippen molar-refractivity contribution in [2.45, 2.75) is 12.6 Å². The van der Waals surface area contributed by atoms with Crippen LogP contribution in [0.2, 0.25) is 10.0 Å². The maximum absolute atomic E-state index is 6.32. The van der Waals surface area contributed by atoms with Crippen molar-refractivity contribution in [2.24, 2.45) is 5.92 Å². The molecule has 0 saturated carbocycles. The van der Waals surface area contributed by atoms with Crippen molar-refractivity contribution >= 4 is 35.0 Å². The predicted octanol–water partition coefficient (Wildman–Crippen LogP) is 2.38. The Kier molecular flexibility index (Phi) is 4.54. The van der Waals surface area contributed by atoms with Crippen LogP contribution in [-0.4, -0.2) is 50.9 Å². The van der Waals surface area contributed by atoms with Crippen molar-refractivity contribution in [1.82, 2.24) is 30.5 Å². The van der Waals surface area contributed by atoms with Gasteiger partial charge in [0.05, 0.1) is 15.7 Å². The Morgan fingerprint density at radius 1 is 1.18 bits per heavy atom. The number of tetrazole rings is 1. The van der Waals surface area contributed by atoms with Gasteiger partial charge in [0.2, 0.25) is 5.95 Å². The van der Waals surface area contributed by atoms with Crippen LogP contribution in [-0.2, 0) is 6.54 Å². The maximum Gasteiger partial charge on any atom is 0.248 e. The first-order valence-electron chi connectivity index (χ1n) is 9.09. The molecule has 3 aromatic rings. The van der Waals surface area contributed by atoms with Crippen molar-refractivity contribution in [2.75, 3.05) is 29.9 Å². The highest BCUT2D eigenvalue weighted by molar-refractivity contribution is 6.43. The molecule has 0 bridgehead atoms. The zero-order chi connectivity index (χ0) is 19.1. The summed E-state index contributed by atoms with van der Waals surface area (Å²) in [6, 6.07) is 9.96. The van der Waals surface area contributed by atoms with E-state index in [4.69, 9.17) is 23.2 Å². The molecule has 28 heavy (non-hydrogen) atoms. The number of halogens is 2. The van der Waals surface area contributed by atoms with Gasteiger partial charge in [-0.1, -0.05) is 40.4 Å². The van der Waals surface area contributed by atoms with Crippen LogP contribution in [0.3, 0.4) is 0 Å². The van der Waals surface area contributed by atoms with Crippen molar-refractivity contribution < 1.29 is 0 Å². The average Bonchev–Trinajstić information content (AvgIpc) is 3.27. The highest BCUT2D eigenvalue weighted by Gasteiger charge is 2.39. The molecule has 0 radical (unpaired) electrons. The summed E-state index contributed by atoms with van der Waals surface area (Å²) in [5, 5.41) is 19.5. The summed E-state index contributed by atoms with van der Waals surface area (Å²) < 4.78 is 1.55. The minimum atomic E-state index is 0.404. The lowest BCUT2D eigenvalue weighted by Crippen LogP contribution is -2.51. The molecule has 0 aliphatic carbocycles. The molecule has 0 spiro atoms. The second kappa shape index (κ2) is 7.20. The monoisotopic (exact) mass is 416 g/mol. The lowest BCUT2D eigenvalue weighted by Gasteiger charge is -2.29. The average molecular weight is 417 g/mol. The Morgan fingerprint density at radius 2 is 2.11 bits per heavy atom. The van der Waals surface area contributed by atoms with Crippen LogP contribution in [0.15, 0.2) is 36.5 Å². The second-order valence-electron chi connectivity index (χ2n) is 7.01. The highest BCUT2D eigenvalue weighted by Crippen LogP contribution is 2.31. The van der Waals surface area contributed by atoms with E-state index in [1.807, 2.05) is 24.4 Å². The van der Waals surface area contributed by atoms with Gasteiger partial charge < -0.3 is 15.5 Å². The van der Waals surface area contributed by atoms with Gasteiger partial charge in [-0.25, -0.2) is 4.98 Å². The third-order valence-corrected chi connectivity index (χ3v) is 6.13. The number of hydrogen-bond donors (Lipinski definition) is 2. The molecule has 2 N–H and O–H groups in total. The number of fused-ring (bicyclic) bond motifs is 1. The van der Waals surface area contributed by atoms with E-state index in [0.29, 0.717) is 34.3 Å². The van der Waals surface area contributed by atoms with Gasteiger partial charge in [0.15, 0.2) is 0 Å². The quantitative estimate of drug-likeness (QED) is 0.660. The van der Waals surface area contributed by atoms with Crippen LogP contribution in [0.25, 0.3) is 5.69 Å². The van der Waals surface area contributed by atoms with E-state index in [9.17, 15) is 0 Å². The minimum Gasteiger partial charge on any atom is -0.354 e. The highest BCUT2D eigenvalue weighted by atomic mass is 35.5. The summed E-state index contributed by atoms with van der Waals surface area (Å²) >= 11 is 12.4. The van der Waals surface area contributed by atoms with Gasteiger partial charge in [-0.15, -0.1) is 0 Å². The second-order valence-corrected chi connectivity index (χ2v) is 7.79. The van der Waals surface area contributed by atoms with E-state index in [1.54, 1.807) is 10.7 Å². The van der Waals surface area contributed by atoms with Crippen molar-refractivity contribution in [3.05, 3.63) is 52.1 Å². The van der Waals surface area contributed by atoms with Crippen molar-refractivity contribution in [3.8, 4) is 5.69 Å². The van der Waals surface area contributed by atoms with E-state index in [0.717, 1.165) is 36.9 Å². The van der Waals surface area contributed by atoms with Gasteiger partial charge in [0, 0.05) is 49.9 Å². The van der Waals surface area contributed by atoms with E-state index in [2.05, 4.69) is 42.1 Å². The molecular formula is C18H18Cl2N8. The summed E-state index contributed by atoms with van der Waals surface area (Å²) in [6.07, 6.45) is 1.84. The predicted molar refractivity (Wildman–Crippen MR) is 108 cm³/mol. The molecule has 2 saturated heterocycles. The SMILES string of the molecule is Clc1cccc(-n2nnnc2NCc2cccnc2N2CC3CNC3C2)c1Cl. The largest absolute Gasteiger partial charge is 0.354 e. The van der Waals surface area contributed by atoms with Gasteiger partial charge in [-0.05, 0) is 28.6 Å². The van der Waals surface area contributed by atoms with Crippen LogP contribution in [0.4, 0.5) is 11.8 Å². The summed E-state index contributed by atoms with van der Waals surface area (Å²) in [4.78, 5) is 6.98. The number of rotatable bonds is 5. The number of nitrogens with zero attached hydrogens (tertiary/aromatic N) is 6. The molecule has 1 aromatic carbocycles. The Hall–Kier alpha value is -2.42. The molecule has 5 rings (SSSR count). The van der Waals surface area contributed by atoms with Gasteiger partial charge >= 0.3 is 0 Å². The summed E-state index contributed by atoms with van der Waals surface area (Å²) in [5.41, 5.74) is 1.71. The zero-order valence-corrected chi connectivity index (χ0v) is 16.4. The number of hydrogen-bond acceptors (Lipinski definition) is 7. The number of nitrogens with one attached hydrogen (secondary N) is 2. The topological polar surface area (TPSA) is 83.8 Å². The van der Waals surface area contributed by atoms with E-state index in [1.165, 1.54) is 0 Å². The fourth-order valence-corrected chi connectivity index (χ4v) is 4.14. The van der Waals surface area contributed by atoms with Crippen LogP contribution in [0.5, 0.6) is 0 Å². The smallest absolute Gasteiger partial charge is 0.248 e. The van der Waals surface area contributed by atoms with Crippen molar-refractivity contribution in [3.63, 3.8) is 0 Å². The molecule has 10 heteroatoms. The van der Waals surface area contributed by atoms with Gasteiger partial charge in [0.25, 0.3) is 0 Å². The van der Waals surface area contributed by atoms with Crippen LogP contribution in [0.1, 0.15) is 5.56 Å². The first-order chi connectivity index (χ1) is 13.7. The summed E-state index contributed by atoms with van der Waals surface area (Å²) in [5.74, 6) is 2.22. The Morgan fingerprint density at radius 3 is 2.89 bits per heavy atom. The molecule has 2 aliphatic heterocycles. The summed E-state index contributed by atoms with van der Waals surface area (Å²) in [7, 11) is 0. The molecule has 0 amide bonds. The van der Waals surface area contributed by atoms with Gasteiger partial charge in [-0.3, -0.25) is 0 Å². The van der Waals surface area contributed by atoms with Gasteiger partial charge in [-0.2, -0.15) is 4.68 Å². The number of pyridine rings is 1. The van der Waals surface area contributed by atoms with Crippen molar-refractivity contribution in [1.29, 1.82) is 0 Å². The molecule has 2 fully saturated rings. The lowest BCUT2D eigenvalue weighted by molar-refractivity contribution is 0.297. The fourth-order valence-electron chi connectivity index (χ4n) is 3.77. The Labute approximate surface area is 171 Å². The molecule has 8 nitrogen and oxygen atoms in total. The first kappa shape index (κ1) is 17.7. The zero-order valence-electron chi connectivity index (χ0n) is 14.9. The Bertz CT molecular complexity index is 995. The molecule has 2 aromatic heterocycles. The maximum atomic E-state index is 6.32. The van der Waals surface area contributed by atoms with Crippen LogP contribution >= 0.6 is 23.2 Å². The molecule has 144 valence electrons. The molecule has 4 heterocycles. The van der Waals surface area contributed by atoms with E-state index < -0.39 is 0 Å². The molecule has 2 aliphatic rings. The standard InChI is InChI=1S/C18H18Cl2N8/c19-13-4-1-5-15(16(13)20)28-18(24-25-26-28)23-7-11-3-2-6-21-17(11)27-9-12-8-22-14(12)10-27/h1-6,12,14,22H,7-10H2,(H,23,24,26). The van der Waals surface area contributed by atoms with Crippen LogP contribution < -0.4 is 15.5 Å². The summed E-state index contributed by atoms with van der Waals surface area (Å²) in [6.45, 7) is 3.67. The van der Waals surface area contributed by atoms with Gasteiger partial charge in [0.1, 0.15) is 5.82 Å². The first-order valence-corrected chi connectivity index (χ1v) is 9.85. The number of benzene rings is 1.